The Labute approximate surface area is 163 Å². The van der Waals surface area contributed by atoms with Crippen LogP contribution in [0.1, 0.15) is 27.4 Å². The Balaban J connectivity index is 1.68. The SMILES string of the molecule is Cc1nn(C)c(C)c1C(=O)C(=O)OCc1csc(-c2cccc(Br)c2)n1. The molecule has 0 saturated heterocycles. The fraction of sp³-hybridized carbons (Fsp3) is 0.222. The van der Waals surface area contributed by atoms with Crippen LogP contribution in [0.3, 0.4) is 0 Å². The van der Waals surface area contributed by atoms with E-state index in [4.69, 9.17) is 4.74 Å². The number of aryl methyl sites for hydroxylation is 2. The van der Waals surface area contributed by atoms with Crippen molar-refractivity contribution >= 4 is 39.0 Å². The van der Waals surface area contributed by atoms with Gasteiger partial charge in [-0.25, -0.2) is 9.78 Å². The maximum Gasteiger partial charge on any atom is 0.380 e. The molecule has 2 heterocycles. The Morgan fingerprint density at radius 3 is 2.73 bits per heavy atom. The minimum atomic E-state index is -0.902. The zero-order valence-corrected chi connectivity index (χ0v) is 16.8. The molecule has 0 amide bonds. The van der Waals surface area contributed by atoms with E-state index in [0.717, 1.165) is 15.0 Å². The van der Waals surface area contributed by atoms with Crippen LogP contribution in [0.25, 0.3) is 10.6 Å². The van der Waals surface area contributed by atoms with Gasteiger partial charge in [-0.3, -0.25) is 9.48 Å². The number of hydrogen-bond acceptors (Lipinski definition) is 6. The van der Waals surface area contributed by atoms with Crippen LogP contribution in [0.2, 0.25) is 0 Å². The molecule has 26 heavy (non-hydrogen) atoms. The summed E-state index contributed by atoms with van der Waals surface area (Å²) >= 11 is 4.89. The van der Waals surface area contributed by atoms with Crippen LogP contribution in [-0.4, -0.2) is 26.5 Å². The summed E-state index contributed by atoms with van der Waals surface area (Å²) in [5, 5.41) is 6.79. The number of ether oxygens (including phenoxy) is 1. The number of carbonyl (C=O) groups excluding carboxylic acids is 2. The highest BCUT2D eigenvalue weighted by Crippen LogP contribution is 2.26. The largest absolute Gasteiger partial charge is 0.453 e. The molecule has 0 atom stereocenters. The number of nitrogens with zero attached hydrogens (tertiary/aromatic N) is 3. The van der Waals surface area contributed by atoms with Crippen molar-refractivity contribution < 1.29 is 14.3 Å². The van der Waals surface area contributed by atoms with E-state index in [1.54, 1.807) is 25.6 Å². The van der Waals surface area contributed by atoms with Crippen molar-refractivity contribution in [2.24, 2.45) is 7.05 Å². The summed E-state index contributed by atoms with van der Waals surface area (Å²) in [5.74, 6) is -1.59. The molecular weight excluding hydrogens is 418 g/mol. The summed E-state index contributed by atoms with van der Waals surface area (Å²) in [4.78, 5) is 28.9. The number of thiazole rings is 1. The fourth-order valence-corrected chi connectivity index (χ4v) is 3.74. The average molecular weight is 434 g/mol. The predicted octanol–water partition coefficient (Wildman–Crippen LogP) is 3.85. The van der Waals surface area contributed by atoms with E-state index in [2.05, 4.69) is 26.0 Å². The number of rotatable bonds is 5. The predicted molar refractivity (Wildman–Crippen MR) is 102 cm³/mol. The van der Waals surface area contributed by atoms with Gasteiger partial charge >= 0.3 is 5.97 Å². The highest BCUT2D eigenvalue weighted by molar-refractivity contribution is 9.10. The van der Waals surface area contributed by atoms with Crippen molar-refractivity contribution in [1.29, 1.82) is 0 Å². The lowest BCUT2D eigenvalue weighted by molar-refractivity contribution is -0.139. The summed E-state index contributed by atoms with van der Waals surface area (Å²) in [6.07, 6.45) is 0. The van der Waals surface area contributed by atoms with Gasteiger partial charge < -0.3 is 4.74 Å². The van der Waals surface area contributed by atoms with Crippen molar-refractivity contribution in [1.82, 2.24) is 14.8 Å². The van der Waals surface area contributed by atoms with Gasteiger partial charge in [0.15, 0.2) is 0 Å². The number of aromatic nitrogens is 3. The molecule has 0 saturated carbocycles. The molecule has 0 aliphatic rings. The third-order valence-corrected chi connectivity index (χ3v) is 5.33. The smallest absolute Gasteiger partial charge is 0.380 e. The minimum absolute atomic E-state index is 0.0482. The second kappa shape index (κ2) is 7.51. The third-order valence-electron chi connectivity index (χ3n) is 3.90. The standard InChI is InChI=1S/C18H16BrN3O3S/c1-10-15(11(2)22(3)21-10)16(23)18(24)25-8-14-9-26-17(20-14)12-5-4-6-13(19)7-12/h4-7,9H,8H2,1-3H3. The Morgan fingerprint density at radius 2 is 2.08 bits per heavy atom. The molecule has 8 heteroatoms. The zero-order valence-electron chi connectivity index (χ0n) is 14.4. The van der Waals surface area contributed by atoms with E-state index in [-0.39, 0.29) is 6.61 Å². The van der Waals surface area contributed by atoms with Gasteiger partial charge in [0.25, 0.3) is 5.78 Å². The Kier molecular flexibility index (Phi) is 5.33. The summed E-state index contributed by atoms with van der Waals surface area (Å²) in [6, 6.07) is 7.79. The van der Waals surface area contributed by atoms with Crippen LogP contribution < -0.4 is 0 Å². The van der Waals surface area contributed by atoms with E-state index in [0.29, 0.717) is 22.6 Å². The van der Waals surface area contributed by atoms with Crippen LogP contribution in [-0.2, 0) is 23.2 Å². The van der Waals surface area contributed by atoms with Crippen LogP contribution in [0, 0.1) is 13.8 Å². The summed E-state index contributed by atoms with van der Waals surface area (Å²) < 4.78 is 7.68. The van der Waals surface area contributed by atoms with Gasteiger partial charge in [0.1, 0.15) is 11.6 Å². The number of carbonyl (C=O) groups is 2. The Hall–Kier alpha value is -2.32. The minimum Gasteiger partial charge on any atom is -0.453 e. The van der Waals surface area contributed by atoms with Crippen LogP contribution in [0.4, 0.5) is 0 Å². The van der Waals surface area contributed by atoms with Crippen LogP contribution >= 0.6 is 27.3 Å². The molecule has 0 fully saturated rings. The fourth-order valence-electron chi connectivity index (χ4n) is 2.54. The summed E-state index contributed by atoms with van der Waals surface area (Å²) in [5.41, 5.74) is 3.02. The number of esters is 1. The second-order valence-electron chi connectivity index (χ2n) is 5.73. The van der Waals surface area contributed by atoms with Crippen LogP contribution in [0.5, 0.6) is 0 Å². The maximum atomic E-state index is 12.3. The highest BCUT2D eigenvalue weighted by atomic mass is 79.9. The van der Waals surface area contributed by atoms with Gasteiger partial charge in [0, 0.05) is 28.2 Å². The molecule has 1 aromatic carbocycles. The highest BCUT2D eigenvalue weighted by Gasteiger charge is 2.25. The molecule has 0 aliphatic carbocycles. The summed E-state index contributed by atoms with van der Waals surface area (Å²) in [7, 11) is 1.73. The molecular formula is C18H16BrN3O3S. The van der Waals surface area contributed by atoms with Gasteiger partial charge in [0.05, 0.1) is 17.0 Å². The maximum absolute atomic E-state index is 12.3. The Bertz CT molecular complexity index is 993. The van der Waals surface area contributed by atoms with Crippen molar-refractivity contribution in [3.8, 4) is 10.6 Å². The molecule has 6 nitrogen and oxygen atoms in total. The molecule has 0 spiro atoms. The lowest BCUT2D eigenvalue weighted by atomic mass is 10.1. The topological polar surface area (TPSA) is 74.1 Å². The Morgan fingerprint density at radius 1 is 1.31 bits per heavy atom. The zero-order chi connectivity index (χ0) is 18.8. The number of ketones is 1. The van der Waals surface area contributed by atoms with E-state index in [1.807, 2.05) is 29.6 Å². The number of hydrogen-bond donors (Lipinski definition) is 0. The molecule has 0 radical (unpaired) electrons. The number of benzene rings is 1. The molecule has 2 aromatic heterocycles. The molecule has 0 unspecified atom stereocenters. The van der Waals surface area contributed by atoms with Gasteiger partial charge in [-0.1, -0.05) is 28.1 Å². The van der Waals surface area contributed by atoms with Gasteiger partial charge in [0.2, 0.25) is 0 Å². The first kappa shape index (κ1) is 18.5. The molecule has 0 bridgehead atoms. The quantitative estimate of drug-likeness (QED) is 0.347. The lowest BCUT2D eigenvalue weighted by Crippen LogP contribution is -2.19. The van der Waals surface area contributed by atoms with E-state index in [9.17, 15) is 9.59 Å². The van der Waals surface area contributed by atoms with E-state index < -0.39 is 11.8 Å². The van der Waals surface area contributed by atoms with Crippen molar-refractivity contribution in [2.75, 3.05) is 0 Å². The van der Waals surface area contributed by atoms with Crippen molar-refractivity contribution in [3.05, 3.63) is 56.8 Å². The van der Waals surface area contributed by atoms with Crippen molar-refractivity contribution in [2.45, 2.75) is 20.5 Å². The first-order chi connectivity index (χ1) is 12.4. The third kappa shape index (κ3) is 3.76. The van der Waals surface area contributed by atoms with E-state index >= 15 is 0 Å². The molecule has 0 N–H and O–H groups in total. The first-order valence-corrected chi connectivity index (χ1v) is 9.46. The van der Waals surface area contributed by atoms with Gasteiger partial charge in [-0.2, -0.15) is 5.10 Å². The van der Waals surface area contributed by atoms with Crippen molar-refractivity contribution in [3.63, 3.8) is 0 Å². The van der Waals surface area contributed by atoms with E-state index in [1.165, 1.54) is 11.3 Å². The van der Waals surface area contributed by atoms with Crippen LogP contribution in [0.15, 0.2) is 34.1 Å². The number of halogens is 1. The lowest BCUT2D eigenvalue weighted by Gasteiger charge is -2.03. The second-order valence-corrected chi connectivity index (χ2v) is 7.50. The molecule has 134 valence electrons. The van der Waals surface area contributed by atoms with Gasteiger partial charge in [-0.05, 0) is 26.0 Å². The van der Waals surface area contributed by atoms with Gasteiger partial charge in [-0.15, -0.1) is 11.3 Å². The monoisotopic (exact) mass is 433 g/mol. The molecule has 3 aromatic rings. The molecule has 3 rings (SSSR count). The molecule has 0 aliphatic heterocycles. The normalized spacial score (nSPS) is 10.8. The summed E-state index contributed by atoms with van der Waals surface area (Å²) in [6.45, 7) is 3.39. The first-order valence-electron chi connectivity index (χ1n) is 7.79. The average Bonchev–Trinajstić information content (AvgIpc) is 3.17. The number of Topliss-reactive ketones (excluding diaryl/α,β-unsaturated/α-hetero) is 1.